The number of rotatable bonds is 3. The summed E-state index contributed by atoms with van der Waals surface area (Å²) < 4.78 is 79.9. The third kappa shape index (κ3) is 5.86. The lowest BCUT2D eigenvalue weighted by atomic mass is 9.83. The van der Waals surface area contributed by atoms with Crippen LogP contribution in [-0.2, 0) is 17.1 Å². The molecule has 36 heavy (non-hydrogen) atoms. The summed E-state index contributed by atoms with van der Waals surface area (Å²) >= 11 is 6.02. The number of amides is 1. The predicted molar refractivity (Wildman–Crippen MR) is 121 cm³/mol. The number of ketones is 1. The van der Waals surface area contributed by atoms with Crippen molar-refractivity contribution in [3.8, 4) is 0 Å². The fourth-order valence-corrected chi connectivity index (χ4v) is 5.09. The Bertz CT molecular complexity index is 1090. The minimum Gasteiger partial charge on any atom is -0.338 e. The van der Waals surface area contributed by atoms with Gasteiger partial charge in [-0.2, -0.15) is 26.3 Å². The number of benzene rings is 2. The lowest BCUT2D eigenvalue weighted by molar-refractivity contribution is -0.143. The van der Waals surface area contributed by atoms with Gasteiger partial charge in [0.15, 0.2) is 0 Å². The molecule has 2 aliphatic heterocycles. The molecule has 0 saturated carbocycles. The molecule has 194 valence electrons. The quantitative estimate of drug-likeness (QED) is 0.453. The maximum atomic E-state index is 13.3. The molecule has 2 saturated heterocycles. The first-order chi connectivity index (χ1) is 16.8. The van der Waals surface area contributed by atoms with E-state index in [9.17, 15) is 35.9 Å². The Balaban J connectivity index is 1.65. The first-order valence-corrected chi connectivity index (χ1v) is 11.8. The fraction of sp³-hybridized carbons (Fsp3) is 0.440. The molecule has 4 rings (SSSR count). The third-order valence-corrected chi connectivity index (χ3v) is 7.07. The summed E-state index contributed by atoms with van der Waals surface area (Å²) in [5, 5.41) is 0.506. The topological polar surface area (TPSA) is 40.6 Å². The maximum absolute atomic E-state index is 13.3. The van der Waals surface area contributed by atoms with E-state index in [0.29, 0.717) is 49.5 Å². The normalized spacial score (nSPS) is 22.1. The molecule has 0 bridgehead atoms. The van der Waals surface area contributed by atoms with Crippen molar-refractivity contribution in [3.05, 3.63) is 69.7 Å². The Kier molecular flexibility index (Phi) is 7.39. The van der Waals surface area contributed by atoms with Crippen molar-refractivity contribution in [3.63, 3.8) is 0 Å². The van der Waals surface area contributed by atoms with Gasteiger partial charge in [-0.25, -0.2) is 0 Å². The molecule has 0 aromatic heterocycles. The van der Waals surface area contributed by atoms with Crippen LogP contribution in [0.15, 0.2) is 42.5 Å². The first kappa shape index (κ1) is 26.5. The van der Waals surface area contributed by atoms with E-state index in [1.54, 1.807) is 24.3 Å². The standard InChI is InChI=1S/C25H23ClF6N2O2/c26-19-3-1-15(2-4-19)21-14-34(10-7-22(21)33-8-5-20(35)6-9-33)23(36)16-11-17(24(27,28)29)13-18(12-16)25(30,31)32/h1-4,11-13,21-22H,5-10,14H2/t21-,22-/m0/s1. The van der Waals surface area contributed by atoms with Crippen LogP contribution in [0.5, 0.6) is 0 Å². The van der Waals surface area contributed by atoms with Gasteiger partial charge in [-0.05, 0) is 42.3 Å². The lowest BCUT2D eigenvalue weighted by Gasteiger charge is -2.45. The van der Waals surface area contributed by atoms with Crippen LogP contribution in [0.2, 0.25) is 5.02 Å². The fourth-order valence-electron chi connectivity index (χ4n) is 4.96. The van der Waals surface area contributed by atoms with Crippen LogP contribution in [0.3, 0.4) is 0 Å². The Labute approximate surface area is 208 Å². The summed E-state index contributed by atoms with van der Waals surface area (Å²) in [7, 11) is 0. The van der Waals surface area contributed by atoms with Gasteiger partial charge in [-0.15, -0.1) is 0 Å². The molecule has 2 fully saturated rings. The van der Waals surface area contributed by atoms with Gasteiger partial charge in [0.25, 0.3) is 5.91 Å². The second-order valence-electron chi connectivity index (χ2n) is 9.13. The number of hydrogen-bond donors (Lipinski definition) is 0. The maximum Gasteiger partial charge on any atom is 0.416 e. The summed E-state index contributed by atoms with van der Waals surface area (Å²) in [5.74, 6) is -0.981. The van der Waals surface area contributed by atoms with Crippen molar-refractivity contribution in [2.24, 2.45) is 0 Å². The molecular weight excluding hydrogens is 510 g/mol. The molecule has 0 aliphatic carbocycles. The zero-order valence-corrected chi connectivity index (χ0v) is 19.8. The van der Waals surface area contributed by atoms with Crippen LogP contribution < -0.4 is 0 Å². The third-order valence-electron chi connectivity index (χ3n) is 6.82. The molecule has 2 aliphatic rings. The van der Waals surface area contributed by atoms with Gasteiger partial charge in [0.05, 0.1) is 11.1 Å². The smallest absolute Gasteiger partial charge is 0.338 e. The van der Waals surface area contributed by atoms with E-state index in [1.807, 2.05) is 0 Å². The zero-order valence-electron chi connectivity index (χ0n) is 19.0. The molecule has 0 unspecified atom stereocenters. The highest BCUT2D eigenvalue weighted by atomic mass is 35.5. The molecule has 2 atom stereocenters. The highest BCUT2D eigenvalue weighted by Crippen LogP contribution is 2.38. The zero-order chi connectivity index (χ0) is 26.3. The monoisotopic (exact) mass is 532 g/mol. The number of Topliss-reactive ketones (excluding diaryl/α,β-unsaturated/α-hetero) is 1. The number of hydrogen-bond acceptors (Lipinski definition) is 3. The van der Waals surface area contributed by atoms with Crippen LogP contribution in [0.4, 0.5) is 26.3 Å². The van der Waals surface area contributed by atoms with Crippen LogP contribution in [0.1, 0.15) is 52.2 Å². The lowest BCUT2D eigenvalue weighted by Crippen LogP contribution is -2.53. The number of halogens is 7. The van der Waals surface area contributed by atoms with Crippen molar-refractivity contribution in [1.82, 2.24) is 9.80 Å². The van der Waals surface area contributed by atoms with E-state index in [-0.39, 0.29) is 36.9 Å². The van der Waals surface area contributed by atoms with Crippen LogP contribution in [0.25, 0.3) is 0 Å². The highest BCUT2D eigenvalue weighted by molar-refractivity contribution is 6.30. The average molecular weight is 533 g/mol. The molecule has 11 heteroatoms. The number of piperidine rings is 2. The molecular formula is C25H23ClF6N2O2. The minimum atomic E-state index is -5.04. The van der Waals surface area contributed by atoms with E-state index in [0.717, 1.165) is 5.56 Å². The van der Waals surface area contributed by atoms with Crippen molar-refractivity contribution < 1.29 is 35.9 Å². The molecule has 2 aromatic carbocycles. The van der Waals surface area contributed by atoms with Gasteiger partial charge < -0.3 is 4.90 Å². The van der Waals surface area contributed by atoms with E-state index in [2.05, 4.69) is 4.90 Å². The first-order valence-electron chi connectivity index (χ1n) is 11.4. The van der Waals surface area contributed by atoms with Crippen molar-refractivity contribution >= 4 is 23.3 Å². The molecule has 0 N–H and O–H groups in total. The average Bonchev–Trinajstić information content (AvgIpc) is 2.83. The Morgan fingerprint density at radius 2 is 1.42 bits per heavy atom. The Morgan fingerprint density at radius 1 is 0.861 bits per heavy atom. The number of nitrogens with zero attached hydrogens (tertiary/aromatic N) is 2. The SMILES string of the molecule is O=C1CCN([C@H]2CCN(C(=O)c3cc(C(F)(F)F)cc(C(F)(F)F)c3)C[C@H]2c2ccc(Cl)cc2)CC1. The van der Waals surface area contributed by atoms with E-state index in [4.69, 9.17) is 11.6 Å². The summed E-state index contributed by atoms with van der Waals surface area (Å²) in [5.41, 5.74) is -2.86. The van der Waals surface area contributed by atoms with Gasteiger partial charge in [0.2, 0.25) is 0 Å². The molecule has 4 nitrogen and oxygen atoms in total. The van der Waals surface area contributed by atoms with Crippen molar-refractivity contribution in [2.75, 3.05) is 26.2 Å². The largest absolute Gasteiger partial charge is 0.416 e. The number of carbonyl (C=O) groups excluding carboxylic acids is 2. The molecule has 0 radical (unpaired) electrons. The predicted octanol–water partition coefficient (Wildman–Crippen LogP) is 6.04. The molecule has 1 amide bonds. The highest BCUT2D eigenvalue weighted by Gasteiger charge is 2.40. The molecule has 0 spiro atoms. The number of likely N-dealkylation sites (tertiary alicyclic amines) is 2. The van der Waals surface area contributed by atoms with E-state index >= 15 is 0 Å². The van der Waals surface area contributed by atoms with Crippen molar-refractivity contribution in [1.29, 1.82) is 0 Å². The van der Waals surface area contributed by atoms with Gasteiger partial charge >= 0.3 is 12.4 Å². The van der Waals surface area contributed by atoms with E-state index < -0.39 is 35.0 Å². The number of alkyl halides is 6. The number of carbonyl (C=O) groups is 2. The molecule has 2 heterocycles. The van der Waals surface area contributed by atoms with Crippen LogP contribution in [-0.4, -0.2) is 53.7 Å². The van der Waals surface area contributed by atoms with Gasteiger partial charge in [-0.1, -0.05) is 23.7 Å². The second kappa shape index (κ2) is 10.0. The van der Waals surface area contributed by atoms with E-state index in [1.165, 1.54) is 4.90 Å². The summed E-state index contributed by atoms with van der Waals surface area (Å²) in [6.07, 6.45) is -8.80. The van der Waals surface area contributed by atoms with Crippen LogP contribution >= 0.6 is 11.6 Å². The van der Waals surface area contributed by atoms with Crippen LogP contribution in [0, 0.1) is 0 Å². The summed E-state index contributed by atoms with van der Waals surface area (Å²) in [4.78, 5) is 28.4. The molecule has 2 aromatic rings. The summed E-state index contributed by atoms with van der Waals surface area (Å²) in [6, 6.07) is 7.89. The van der Waals surface area contributed by atoms with Crippen molar-refractivity contribution in [2.45, 2.75) is 43.6 Å². The second-order valence-corrected chi connectivity index (χ2v) is 9.57. The van der Waals surface area contributed by atoms with Gasteiger partial charge in [0.1, 0.15) is 5.78 Å². The minimum absolute atomic E-state index is 0.0111. The Hall–Kier alpha value is -2.59. The Morgan fingerprint density at radius 3 is 1.94 bits per heavy atom. The van der Waals surface area contributed by atoms with Gasteiger partial charge in [-0.3, -0.25) is 14.5 Å². The summed E-state index contributed by atoms with van der Waals surface area (Å²) in [6.45, 7) is 1.39. The van der Waals surface area contributed by atoms with Gasteiger partial charge in [0, 0.05) is 61.6 Å².